The Morgan fingerprint density at radius 3 is 2.57 bits per heavy atom. The summed E-state index contributed by atoms with van der Waals surface area (Å²) in [4.78, 5) is 5.19. The molecule has 1 atom stereocenters. The van der Waals surface area contributed by atoms with Gasteiger partial charge in [-0.05, 0) is 19.3 Å². The zero-order chi connectivity index (χ0) is 9.80. The number of hydrogen-bond donors (Lipinski definition) is 1. The van der Waals surface area contributed by atoms with Crippen LogP contribution in [0, 0.1) is 0 Å². The maximum absolute atomic E-state index is 5.34. The van der Waals surface area contributed by atoms with Crippen LogP contribution in [0.4, 0.5) is 0 Å². The topological polar surface area (TPSA) is 33.7 Å². The standard InChI is InChI=1S/C10H20N2O2/c1-13-12-5-2-9(3-6-12)11-10-4-7-14-8-10/h9-11H,2-8H2,1H3. The van der Waals surface area contributed by atoms with E-state index >= 15 is 0 Å². The van der Waals surface area contributed by atoms with Crippen LogP contribution in [0.5, 0.6) is 0 Å². The minimum absolute atomic E-state index is 0.592. The highest BCUT2D eigenvalue weighted by molar-refractivity contribution is 4.80. The molecule has 2 heterocycles. The Morgan fingerprint density at radius 1 is 1.21 bits per heavy atom. The second-order valence-electron chi connectivity index (χ2n) is 4.11. The zero-order valence-corrected chi connectivity index (χ0v) is 8.87. The molecule has 2 aliphatic heterocycles. The summed E-state index contributed by atoms with van der Waals surface area (Å²) in [5.41, 5.74) is 0. The molecule has 2 rings (SSSR count). The third kappa shape index (κ3) is 2.67. The van der Waals surface area contributed by atoms with Crippen LogP contribution in [0.2, 0.25) is 0 Å². The Labute approximate surface area is 85.5 Å². The summed E-state index contributed by atoms with van der Waals surface area (Å²) < 4.78 is 5.34. The molecule has 0 spiro atoms. The molecule has 82 valence electrons. The van der Waals surface area contributed by atoms with Gasteiger partial charge in [-0.1, -0.05) is 0 Å². The largest absolute Gasteiger partial charge is 0.380 e. The van der Waals surface area contributed by atoms with Gasteiger partial charge in [-0.3, -0.25) is 0 Å². The molecule has 1 N–H and O–H groups in total. The highest BCUT2D eigenvalue weighted by Gasteiger charge is 2.23. The van der Waals surface area contributed by atoms with Gasteiger partial charge in [-0.15, -0.1) is 0 Å². The summed E-state index contributed by atoms with van der Waals surface area (Å²) in [6.45, 7) is 3.91. The average Bonchev–Trinajstić information content (AvgIpc) is 2.72. The van der Waals surface area contributed by atoms with Gasteiger partial charge < -0.3 is 14.9 Å². The zero-order valence-electron chi connectivity index (χ0n) is 8.87. The lowest BCUT2D eigenvalue weighted by atomic mass is 10.1. The molecule has 4 nitrogen and oxygen atoms in total. The van der Waals surface area contributed by atoms with Gasteiger partial charge in [0.05, 0.1) is 13.7 Å². The van der Waals surface area contributed by atoms with E-state index in [1.54, 1.807) is 7.11 Å². The first-order valence-corrected chi connectivity index (χ1v) is 5.51. The highest BCUT2D eigenvalue weighted by Crippen LogP contribution is 2.13. The second-order valence-corrected chi connectivity index (χ2v) is 4.11. The first-order chi connectivity index (χ1) is 6.88. The van der Waals surface area contributed by atoms with Crippen molar-refractivity contribution in [3.8, 4) is 0 Å². The third-order valence-electron chi connectivity index (χ3n) is 3.11. The summed E-state index contributed by atoms with van der Waals surface area (Å²) in [6, 6.07) is 1.25. The number of nitrogens with zero attached hydrogens (tertiary/aromatic N) is 1. The molecule has 0 radical (unpaired) electrons. The molecule has 2 aliphatic rings. The van der Waals surface area contributed by atoms with Crippen molar-refractivity contribution in [1.29, 1.82) is 0 Å². The Bertz CT molecular complexity index is 164. The molecule has 4 heteroatoms. The molecule has 0 aliphatic carbocycles. The normalized spacial score (nSPS) is 31.1. The molecule has 2 fully saturated rings. The van der Waals surface area contributed by atoms with Crippen molar-refractivity contribution in [3.05, 3.63) is 0 Å². The van der Waals surface area contributed by atoms with E-state index in [4.69, 9.17) is 9.57 Å². The van der Waals surface area contributed by atoms with Crippen molar-refractivity contribution >= 4 is 0 Å². The first-order valence-electron chi connectivity index (χ1n) is 5.51. The number of nitrogens with one attached hydrogen (secondary N) is 1. The van der Waals surface area contributed by atoms with E-state index in [9.17, 15) is 0 Å². The fourth-order valence-electron chi connectivity index (χ4n) is 2.20. The predicted molar refractivity (Wildman–Crippen MR) is 54.0 cm³/mol. The van der Waals surface area contributed by atoms with Gasteiger partial charge >= 0.3 is 0 Å². The maximum Gasteiger partial charge on any atom is 0.0620 e. The molecular formula is C10H20N2O2. The predicted octanol–water partition coefficient (Wildman–Crippen LogP) is 0.391. The molecule has 0 aromatic rings. The van der Waals surface area contributed by atoms with Crippen molar-refractivity contribution in [1.82, 2.24) is 10.4 Å². The third-order valence-corrected chi connectivity index (χ3v) is 3.11. The van der Waals surface area contributed by atoms with Crippen LogP contribution in [0.1, 0.15) is 19.3 Å². The number of piperidine rings is 1. The van der Waals surface area contributed by atoms with E-state index in [2.05, 4.69) is 5.32 Å². The summed E-state index contributed by atoms with van der Waals surface area (Å²) in [5, 5.41) is 5.69. The molecule has 0 amide bonds. The van der Waals surface area contributed by atoms with E-state index in [1.807, 2.05) is 5.06 Å². The minimum atomic E-state index is 0.592. The van der Waals surface area contributed by atoms with Crippen LogP contribution < -0.4 is 5.32 Å². The molecule has 1 unspecified atom stereocenters. The fraction of sp³-hybridized carbons (Fsp3) is 1.00. The lowest BCUT2D eigenvalue weighted by Crippen LogP contribution is -2.46. The molecular weight excluding hydrogens is 180 g/mol. The lowest BCUT2D eigenvalue weighted by molar-refractivity contribution is -0.144. The summed E-state index contributed by atoms with van der Waals surface area (Å²) >= 11 is 0. The van der Waals surface area contributed by atoms with E-state index < -0.39 is 0 Å². The minimum Gasteiger partial charge on any atom is -0.380 e. The number of rotatable bonds is 3. The van der Waals surface area contributed by atoms with Gasteiger partial charge in [0, 0.05) is 31.8 Å². The van der Waals surface area contributed by atoms with Gasteiger partial charge in [-0.2, -0.15) is 5.06 Å². The van der Waals surface area contributed by atoms with Gasteiger partial charge in [-0.25, -0.2) is 0 Å². The van der Waals surface area contributed by atoms with E-state index in [0.717, 1.165) is 26.3 Å². The van der Waals surface area contributed by atoms with Crippen molar-refractivity contribution in [2.24, 2.45) is 0 Å². The Morgan fingerprint density at radius 2 is 2.00 bits per heavy atom. The van der Waals surface area contributed by atoms with Gasteiger partial charge in [0.1, 0.15) is 0 Å². The second kappa shape index (κ2) is 5.07. The average molecular weight is 200 g/mol. The number of hydrogen-bond acceptors (Lipinski definition) is 4. The molecule has 14 heavy (non-hydrogen) atoms. The van der Waals surface area contributed by atoms with E-state index in [1.165, 1.54) is 19.3 Å². The van der Waals surface area contributed by atoms with Crippen molar-refractivity contribution in [2.45, 2.75) is 31.3 Å². The molecule has 0 aromatic heterocycles. The SMILES string of the molecule is CON1CCC(NC2CCOC2)CC1. The first kappa shape index (κ1) is 10.4. The molecule has 2 saturated heterocycles. The van der Waals surface area contributed by atoms with Crippen molar-refractivity contribution in [3.63, 3.8) is 0 Å². The number of hydroxylamine groups is 2. The van der Waals surface area contributed by atoms with Crippen molar-refractivity contribution < 1.29 is 9.57 Å². The van der Waals surface area contributed by atoms with Gasteiger partial charge in [0.25, 0.3) is 0 Å². The van der Waals surface area contributed by atoms with Crippen molar-refractivity contribution in [2.75, 3.05) is 33.4 Å². The van der Waals surface area contributed by atoms with E-state index in [-0.39, 0.29) is 0 Å². The summed E-state index contributed by atoms with van der Waals surface area (Å²) in [5.74, 6) is 0. The summed E-state index contributed by atoms with van der Waals surface area (Å²) in [7, 11) is 1.75. The maximum atomic E-state index is 5.34. The van der Waals surface area contributed by atoms with Crippen LogP contribution >= 0.6 is 0 Å². The van der Waals surface area contributed by atoms with Crippen LogP contribution in [-0.2, 0) is 9.57 Å². The van der Waals surface area contributed by atoms with Crippen LogP contribution in [0.15, 0.2) is 0 Å². The Kier molecular flexibility index (Phi) is 3.75. The van der Waals surface area contributed by atoms with E-state index in [0.29, 0.717) is 12.1 Å². The molecule has 0 bridgehead atoms. The summed E-state index contributed by atoms with van der Waals surface area (Å²) in [6.07, 6.45) is 3.54. The van der Waals surface area contributed by atoms with Crippen LogP contribution in [-0.4, -0.2) is 50.6 Å². The quantitative estimate of drug-likeness (QED) is 0.714. The highest BCUT2D eigenvalue weighted by atomic mass is 16.7. The monoisotopic (exact) mass is 200 g/mol. The Hall–Kier alpha value is -0.160. The van der Waals surface area contributed by atoms with Gasteiger partial charge in [0.2, 0.25) is 0 Å². The number of ether oxygens (including phenoxy) is 1. The van der Waals surface area contributed by atoms with Crippen LogP contribution in [0.3, 0.4) is 0 Å². The van der Waals surface area contributed by atoms with Gasteiger partial charge in [0.15, 0.2) is 0 Å². The smallest absolute Gasteiger partial charge is 0.0620 e. The lowest BCUT2D eigenvalue weighted by Gasteiger charge is -2.31. The molecule has 0 saturated carbocycles. The van der Waals surface area contributed by atoms with Crippen LogP contribution in [0.25, 0.3) is 0 Å². The fourth-order valence-corrected chi connectivity index (χ4v) is 2.20. The Balaban J connectivity index is 1.67. The molecule has 0 aromatic carbocycles.